The van der Waals surface area contributed by atoms with Gasteiger partial charge in [-0.3, -0.25) is 19.4 Å². The first-order chi connectivity index (χ1) is 11.2. The van der Waals surface area contributed by atoms with Crippen LogP contribution in [0, 0.1) is 5.92 Å². The lowest BCUT2D eigenvalue weighted by Gasteiger charge is -2.62. The molecule has 0 spiro atoms. The van der Waals surface area contributed by atoms with Crippen LogP contribution in [0.3, 0.4) is 0 Å². The standard InChI is InChI=1S/C19H24N2O2/c22-17-9-10-18(23)21(17)13-12-20-14-16-8-4-5-11-19(16,20)15-6-2-1-3-7-15/h1-3,6-7,16H,4-5,8-14H2. The van der Waals surface area contributed by atoms with E-state index in [1.54, 1.807) is 0 Å². The second-order valence-electron chi connectivity index (χ2n) is 7.12. The summed E-state index contributed by atoms with van der Waals surface area (Å²) < 4.78 is 0. The molecule has 0 N–H and O–H groups in total. The molecule has 2 amide bonds. The fourth-order valence-corrected chi connectivity index (χ4v) is 4.88. The van der Waals surface area contributed by atoms with Crippen molar-refractivity contribution >= 4 is 11.8 Å². The predicted molar refractivity (Wildman–Crippen MR) is 87.6 cm³/mol. The van der Waals surface area contributed by atoms with Gasteiger partial charge >= 0.3 is 0 Å². The van der Waals surface area contributed by atoms with Gasteiger partial charge in [0.1, 0.15) is 0 Å². The smallest absolute Gasteiger partial charge is 0.229 e. The third kappa shape index (κ3) is 2.31. The first kappa shape index (κ1) is 14.9. The van der Waals surface area contributed by atoms with Crippen molar-refractivity contribution < 1.29 is 9.59 Å². The molecule has 4 heteroatoms. The van der Waals surface area contributed by atoms with E-state index in [1.165, 1.54) is 36.1 Å². The van der Waals surface area contributed by atoms with Crippen molar-refractivity contribution in [1.82, 2.24) is 9.80 Å². The van der Waals surface area contributed by atoms with E-state index in [2.05, 4.69) is 35.2 Å². The van der Waals surface area contributed by atoms with Crippen molar-refractivity contribution in [2.45, 2.75) is 44.1 Å². The molecule has 4 rings (SSSR count). The van der Waals surface area contributed by atoms with Gasteiger partial charge in [-0.2, -0.15) is 0 Å². The summed E-state index contributed by atoms with van der Waals surface area (Å²) in [4.78, 5) is 27.6. The summed E-state index contributed by atoms with van der Waals surface area (Å²) in [7, 11) is 0. The minimum atomic E-state index is 0.00415. The molecule has 0 radical (unpaired) electrons. The lowest BCUT2D eigenvalue weighted by atomic mass is 9.62. The van der Waals surface area contributed by atoms with Gasteiger partial charge in [-0.15, -0.1) is 0 Å². The summed E-state index contributed by atoms with van der Waals surface area (Å²) in [5, 5.41) is 0. The predicted octanol–water partition coefficient (Wildman–Crippen LogP) is 2.54. The molecule has 2 atom stereocenters. The van der Waals surface area contributed by atoms with Crippen LogP contribution in [0.15, 0.2) is 30.3 Å². The monoisotopic (exact) mass is 312 g/mol. The molecule has 23 heavy (non-hydrogen) atoms. The van der Waals surface area contributed by atoms with Crippen molar-refractivity contribution in [3.05, 3.63) is 35.9 Å². The average molecular weight is 312 g/mol. The van der Waals surface area contributed by atoms with Crippen molar-refractivity contribution in [3.63, 3.8) is 0 Å². The van der Waals surface area contributed by atoms with Crippen LogP contribution in [0.2, 0.25) is 0 Å². The van der Waals surface area contributed by atoms with E-state index in [0.29, 0.717) is 19.4 Å². The van der Waals surface area contributed by atoms with Gasteiger partial charge in [0.05, 0.1) is 5.54 Å². The summed E-state index contributed by atoms with van der Waals surface area (Å²) in [6.07, 6.45) is 5.88. The number of amides is 2. The Morgan fingerprint density at radius 3 is 2.43 bits per heavy atom. The first-order valence-electron chi connectivity index (χ1n) is 8.85. The molecular formula is C19H24N2O2. The van der Waals surface area contributed by atoms with Gasteiger partial charge in [0.25, 0.3) is 0 Å². The van der Waals surface area contributed by atoms with Gasteiger partial charge in [-0.25, -0.2) is 0 Å². The zero-order valence-corrected chi connectivity index (χ0v) is 13.5. The second-order valence-corrected chi connectivity index (χ2v) is 7.12. The Hall–Kier alpha value is -1.68. The number of rotatable bonds is 4. The molecule has 2 heterocycles. The minimum Gasteiger partial charge on any atom is -0.291 e. The quantitative estimate of drug-likeness (QED) is 0.802. The zero-order chi connectivity index (χ0) is 15.9. The minimum absolute atomic E-state index is 0.00415. The highest BCUT2D eigenvalue weighted by atomic mass is 16.2. The van der Waals surface area contributed by atoms with Gasteiger partial charge in [0.2, 0.25) is 11.8 Å². The summed E-state index contributed by atoms with van der Waals surface area (Å²) in [5.74, 6) is 0.734. The molecule has 3 fully saturated rings. The number of hydrogen-bond donors (Lipinski definition) is 0. The fourth-order valence-electron chi connectivity index (χ4n) is 4.88. The fraction of sp³-hybridized carbons (Fsp3) is 0.579. The Morgan fingerprint density at radius 2 is 1.74 bits per heavy atom. The van der Waals surface area contributed by atoms with E-state index < -0.39 is 0 Å². The third-order valence-electron chi connectivity index (χ3n) is 6.06. The molecule has 0 bridgehead atoms. The van der Waals surface area contributed by atoms with Crippen LogP contribution in [-0.2, 0) is 15.1 Å². The zero-order valence-electron chi connectivity index (χ0n) is 13.5. The highest BCUT2D eigenvalue weighted by Gasteiger charge is 2.54. The molecule has 1 aliphatic carbocycles. The maximum absolute atomic E-state index is 11.8. The lowest BCUT2D eigenvalue weighted by molar-refractivity contribution is -0.143. The lowest BCUT2D eigenvalue weighted by Crippen LogP contribution is -2.66. The van der Waals surface area contributed by atoms with Crippen LogP contribution in [0.1, 0.15) is 44.1 Å². The van der Waals surface area contributed by atoms with Gasteiger partial charge in [0, 0.05) is 32.5 Å². The Balaban J connectivity index is 1.52. The Kier molecular flexibility index (Phi) is 3.72. The van der Waals surface area contributed by atoms with E-state index in [-0.39, 0.29) is 17.4 Å². The number of carbonyl (C=O) groups is 2. The third-order valence-corrected chi connectivity index (χ3v) is 6.06. The maximum Gasteiger partial charge on any atom is 0.229 e. The molecule has 2 saturated heterocycles. The normalized spacial score (nSPS) is 31.1. The summed E-state index contributed by atoms with van der Waals surface area (Å²) in [5.41, 5.74) is 1.56. The van der Waals surface area contributed by atoms with Gasteiger partial charge < -0.3 is 0 Å². The second kappa shape index (κ2) is 5.75. The van der Waals surface area contributed by atoms with Crippen LogP contribution < -0.4 is 0 Å². The van der Waals surface area contributed by atoms with Crippen molar-refractivity contribution in [3.8, 4) is 0 Å². The van der Waals surface area contributed by atoms with Crippen LogP contribution in [0.4, 0.5) is 0 Å². The summed E-state index contributed by atoms with van der Waals surface area (Å²) >= 11 is 0. The van der Waals surface area contributed by atoms with E-state index in [9.17, 15) is 9.59 Å². The summed E-state index contributed by atoms with van der Waals surface area (Å²) in [6, 6.07) is 10.8. The maximum atomic E-state index is 11.8. The summed E-state index contributed by atoms with van der Waals surface area (Å²) in [6.45, 7) is 2.47. The molecule has 1 aromatic rings. The van der Waals surface area contributed by atoms with Crippen LogP contribution in [0.5, 0.6) is 0 Å². The molecule has 1 saturated carbocycles. The topological polar surface area (TPSA) is 40.6 Å². The highest BCUT2D eigenvalue weighted by molar-refractivity contribution is 6.01. The number of fused-ring (bicyclic) bond motifs is 1. The number of benzene rings is 1. The molecule has 2 unspecified atom stereocenters. The molecule has 2 aliphatic heterocycles. The molecular weight excluding hydrogens is 288 g/mol. The van der Waals surface area contributed by atoms with Crippen LogP contribution in [0.25, 0.3) is 0 Å². The van der Waals surface area contributed by atoms with E-state index in [0.717, 1.165) is 19.0 Å². The number of likely N-dealkylation sites (tertiary alicyclic amines) is 2. The Morgan fingerprint density at radius 1 is 1.00 bits per heavy atom. The van der Waals surface area contributed by atoms with E-state index in [1.807, 2.05) is 0 Å². The molecule has 3 aliphatic rings. The first-order valence-corrected chi connectivity index (χ1v) is 8.85. The van der Waals surface area contributed by atoms with Crippen molar-refractivity contribution in [2.24, 2.45) is 5.92 Å². The number of nitrogens with zero attached hydrogens (tertiary/aromatic N) is 2. The number of carbonyl (C=O) groups excluding carboxylic acids is 2. The van der Waals surface area contributed by atoms with Crippen LogP contribution in [-0.4, -0.2) is 41.2 Å². The van der Waals surface area contributed by atoms with Gasteiger partial charge in [-0.1, -0.05) is 43.2 Å². The highest BCUT2D eigenvalue weighted by Crippen LogP contribution is 2.53. The average Bonchev–Trinajstić information content (AvgIpc) is 2.88. The van der Waals surface area contributed by atoms with Crippen LogP contribution >= 0.6 is 0 Å². The molecule has 4 nitrogen and oxygen atoms in total. The van der Waals surface area contributed by atoms with Gasteiger partial charge in [0.15, 0.2) is 0 Å². The molecule has 0 aromatic heterocycles. The van der Waals surface area contributed by atoms with Crippen molar-refractivity contribution in [2.75, 3.05) is 19.6 Å². The number of imide groups is 1. The van der Waals surface area contributed by atoms with E-state index in [4.69, 9.17) is 0 Å². The Bertz CT molecular complexity index is 599. The molecule has 122 valence electrons. The SMILES string of the molecule is O=C1CCC(=O)N1CCN1CC2CCCCC21c1ccccc1. The largest absolute Gasteiger partial charge is 0.291 e. The van der Waals surface area contributed by atoms with Crippen molar-refractivity contribution in [1.29, 1.82) is 0 Å². The van der Waals surface area contributed by atoms with Gasteiger partial charge in [-0.05, 0) is 24.3 Å². The Labute approximate surface area is 137 Å². The number of hydrogen-bond acceptors (Lipinski definition) is 3. The van der Waals surface area contributed by atoms with E-state index >= 15 is 0 Å². The molecule has 1 aromatic carbocycles.